The Kier molecular flexibility index (Phi) is 7.51. The van der Waals surface area contributed by atoms with Crippen LogP contribution in [-0.4, -0.2) is 55.7 Å². The largest absolute Gasteiger partial charge is 0.497 e. The van der Waals surface area contributed by atoms with Crippen LogP contribution in [0.3, 0.4) is 0 Å². The van der Waals surface area contributed by atoms with Crippen LogP contribution in [0, 0.1) is 0 Å². The number of aromatic nitrogens is 3. The summed E-state index contributed by atoms with van der Waals surface area (Å²) in [6, 6.07) is 15.6. The molecule has 8 heteroatoms. The number of aromatic amines is 1. The highest BCUT2D eigenvalue weighted by molar-refractivity contribution is 7.99. The second-order valence-electron chi connectivity index (χ2n) is 6.16. The number of ether oxygens (including phenoxy) is 4. The third-order valence-corrected chi connectivity index (χ3v) is 5.72. The fraction of sp³-hybridized carbons (Fsp3) is 0.333. The molecule has 7 nitrogen and oxygen atoms in total. The Balaban J connectivity index is 1.87. The summed E-state index contributed by atoms with van der Waals surface area (Å²) < 4.78 is 21.2. The zero-order chi connectivity index (χ0) is 20.6. The number of hydrogen-bond donors (Lipinski definition) is 1. The van der Waals surface area contributed by atoms with Crippen molar-refractivity contribution in [1.29, 1.82) is 0 Å². The third-order valence-electron chi connectivity index (χ3n) is 4.44. The van der Waals surface area contributed by atoms with E-state index in [1.165, 1.54) is 0 Å². The first-order valence-electron chi connectivity index (χ1n) is 9.06. The number of hydrogen-bond acceptors (Lipinski definition) is 7. The van der Waals surface area contributed by atoms with E-state index in [0.717, 1.165) is 22.6 Å². The highest BCUT2D eigenvalue weighted by atomic mass is 32.2. The van der Waals surface area contributed by atoms with Crippen LogP contribution in [0.15, 0.2) is 48.5 Å². The molecule has 1 heterocycles. The SMILES string of the molecule is COc1ccc(-c2nc(C(SCC(OC)OC)c3ccc(OC)cc3)n[nH]2)cc1. The first-order chi connectivity index (χ1) is 14.2. The molecule has 3 rings (SSSR count). The molecule has 29 heavy (non-hydrogen) atoms. The number of nitrogens with zero attached hydrogens (tertiary/aromatic N) is 2. The minimum Gasteiger partial charge on any atom is -0.497 e. The molecule has 0 aliphatic rings. The molecule has 0 saturated heterocycles. The maximum Gasteiger partial charge on any atom is 0.168 e. The van der Waals surface area contributed by atoms with Crippen LogP contribution in [-0.2, 0) is 9.47 Å². The Labute approximate surface area is 174 Å². The van der Waals surface area contributed by atoms with E-state index in [1.807, 2.05) is 48.5 Å². The molecule has 2 aromatic carbocycles. The predicted octanol–water partition coefficient (Wildman–Crippen LogP) is 3.93. The molecule has 3 aromatic rings. The van der Waals surface area contributed by atoms with Gasteiger partial charge in [0.15, 0.2) is 17.9 Å². The topological polar surface area (TPSA) is 78.5 Å². The van der Waals surface area contributed by atoms with E-state index in [4.69, 9.17) is 23.9 Å². The standard InChI is InChI=1S/C21H25N3O4S/c1-25-16-9-5-14(6-10-16)19(29-13-18(27-3)28-4)21-22-20(23-24-21)15-7-11-17(26-2)12-8-15/h5-12,18-19H,13H2,1-4H3,(H,22,23,24). The van der Waals surface area contributed by atoms with Crippen LogP contribution in [0.2, 0.25) is 0 Å². The molecule has 0 fully saturated rings. The van der Waals surface area contributed by atoms with E-state index in [2.05, 4.69) is 10.2 Å². The second-order valence-corrected chi connectivity index (χ2v) is 7.30. The first kappa shape index (κ1) is 21.2. The first-order valence-corrected chi connectivity index (χ1v) is 10.1. The van der Waals surface area contributed by atoms with Gasteiger partial charge < -0.3 is 18.9 Å². The highest BCUT2D eigenvalue weighted by Gasteiger charge is 2.22. The average molecular weight is 416 g/mol. The van der Waals surface area contributed by atoms with E-state index in [9.17, 15) is 0 Å². The third kappa shape index (κ3) is 5.29. The lowest BCUT2D eigenvalue weighted by Gasteiger charge is -2.18. The Morgan fingerprint density at radius 1 is 0.862 bits per heavy atom. The molecule has 0 spiro atoms. The minimum atomic E-state index is -0.305. The van der Waals surface area contributed by atoms with Crippen molar-refractivity contribution in [2.75, 3.05) is 34.2 Å². The zero-order valence-corrected chi connectivity index (χ0v) is 17.7. The van der Waals surface area contributed by atoms with Crippen molar-refractivity contribution < 1.29 is 18.9 Å². The molecule has 0 saturated carbocycles. The van der Waals surface area contributed by atoms with E-state index < -0.39 is 0 Å². The summed E-state index contributed by atoms with van der Waals surface area (Å²) in [5, 5.41) is 7.44. The normalized spacial score (nSPS) is 12.2. The summed E-state index contributed by atoms with van der Waals surface area (Å²) in [6.07, 6.45) is -0.305. The van der Waals surface area contributed by atoms with Crippen molar-refractivity contribution in [2.24, 2.45) is 0 Å². The van der Waals surface area contributed by atoms with Gasteiger partial charge in [0.1, 0.15) is 11.5 Å². The van der Waals surface area contributed by atoms with Gasteiger partial charge in [0.25, 0.3) is 0 Å². The summed E-state index contributed by atoms with van der Waals surface area (Å²) in [6.45, 7) is 0. The lowest BCUT2D eigenvalue weighted by atomic mass is 10.1. The zero-order valence-electron chi connectivity index (χ0n) is 16.9. The fourth-order valence-corrected chi connectivity index (χ4v) is 4.00. The van der Waals surface area contributed by atoms with Crippen molar-refractivity contribution in [3.63, 3.8) is 0 Å². The van der Waals surface area contributed by atoms with Crippen molar-refractivity contribution in [3.8, 4) is 22.9 Å². The minimum absolute atomic E-state index is 0.0862. The van der Waals surface area contributed by atoms with Gasteiger partial charge in [0.05, 0.1) is 19.5 Å². The van der Waals surface area contributed by atoms with Gasteiger partial charge in [-0.25, -0.2) is 4.98 Å². The molecule has 1 atom stereocenters. The maximum atomic E-state index is 5.33. The summed E-state index contributed by atoms with van der Waals surface area (Å²) in [5.41, 5.74) is 2.01. The van der Waals surface area contributed by atoms with E-state index in [0.29, 0.717) is 17.4 Å². The van der Waals surface area contributed by atoms with Gasteiger partial charge >= 0.3 is 0 Å². The van der Waals surface area contributed by atoms with E-state index in [1.54, 1.807) is 40.2 Å². The monoisotopic (exact) mass is 415 g/mol. The summed E-state index contributed by atoms with van der Waals surface area (Å²) >= 11 is 1.66. The maximum absolute atomic E-state index is 5.33. The number of nitrogens with one attached hydrogen (secondary N) is 1. The van der Waals surface area contributed by atoms with Crippen molar-refractivity contribution in [1.82, 2.24) is 15.2 Å². The highest BCUT2D eigenvalue weighted by Crippen LogP contribution is 2.36. The number of methoxy groups -OCH3 is 4. The number of thioether (sulfide) groups is 1. The molecule has 0 amide bonds. The molecule has 0 aliphatic heterocycles. The lowest BCUT2D eigenvalue weighted by Crippen LogP contribution is -2.17. The lowest BCUT2D eigenvalue weighted by molar-refractivity contribution is -0.0842. The summed E-state index contributed by atoms with van der Waals surface area (Å²) in [7, 11) is 6.56. The van der Waals surface area contributed by atoms with Crippen LogP contribution in [0.5, 0.6) is 11.5 Å². The molecule has 154 valence electrons. The Morgan fingerprint density at radius 2 is 1.45 bits per heavy atom. The van der Waals surface area contributed by atoms with Gasteiger partial charge in [-0.3, -0.25) is 5.10 Å². The van der Waals surface area contributed by atoms with Crippen LogP contribution >= 0.6 is 11.8 Å². The molecule has 1 aromatic heterocycles. The van der Waals surface area contributed by atoms with Crippen LogP contribution in [0.4, 0.5) is 0 Å². The van der Waals surface area contributed by atoms with Gasteiger partial charge in [-0.15, -0.1) is 11.8 Å². The Hall–Kier alpha value is -2.55. The fourth-order valence-electron chi connectivity index (χ4n) is 2.78. The number of rotatable bonds is 10. The number of H-pyrrole nitrogens is 1. The van der Waals surface area contributed by atoms with Crippen LogP contribution < -0.4 is 9.47 Å². The van der Waals surface area contributed by atoms with Crippen molar-refractivity contribution in [3.05, 3.63) is 59.9 Å². The van der Waals surface area contributed by atoms with Gasteiger partial charge in [-0.05, 0) is 42.0 Å². The van der Waals surface area contributed by atoms with Gasteiger partial charge in [0.2, 0.25) is 0 Å². The molecule has 0 radical (unpaired) electrons. The summed E-state index contributed by atoms with van der Waals surface area (Å²) in [5.74, 6) is 3.63. The van der Waals surface area contributed by atoms with E-state index in [-0.39, 0.29) is 11.5 Å². The average Bonchev–Trinajstić information content (AvgIpc) is 3.27. The summed E-state index contributed by atoms with van der Waals surface area (Å²) in [4.78, 5) is 4.74. The molecular weight excluding hydrogens is 390 g/mol. The smallest absolute Gasteiger partial charge is 0.168 e. The van der Waals surface area contributed by atoms with E-state index >= 15 is 0 Å². The molecule has 1 unspecified atom stereocenters. The number of benzene rings is 2. The van der Waals surface area contributed by atoms with Gasteiger partial charge in [-0.1, -0.05) is 12.1 Å². The van der Waals surface area contributed by atoms with Gasteiger partial charge in [0, 0.05) is 25.5 Å². The Morgan fingerprint density at radius 3 is 2.00 bits per heavy atom. The predicted molar refractivity (Wildman–Crippen MR) is 113 cm³/mol. The Bertz CT molecular complexity index is 880. The molecular formula is C21H25N3O4S. The quantitative estimate of drug-likeness (QED) is 0.503. The molecule has 0 aliphatic carbocycles. The molecule has 1 N–H and O–H groups in total. The molecule has 0 bridgehead atoms. The second kappa shape index (κ2) is 10.3. The van der Waals surface area contributed by atoms with Crippen LogP contribution in [0.25, 0.3) is 11.4 Å². The van der Waals surface area contributed by atoms with Crippen LogP contribution in [0.1, 0.15) is 16.6 Å². The van der Waals surface area contributed by atoms with Gasteiger partial charge in [-0.2, -0.15) is 5.10 Å². The van der Waals surface area contributed by atoms with Crippen molar-refractivity contribution >= 4 is 11.8 Å². The van der Waals surface area contributed by atoms with Crippen molar-refractivity contribution in [2.45, 2.75) is 11.5 Å².